The standard InChI is InChI=1S/C23H26ClN3O4S/c1-30-14-7-8-19(31-2)18(12-14)25-21(28)16-11-13(9-10-32-3)27-23(16)15-5-4-6-17(24)20(15)26-22(23)29/h4-8,12-13,16,27H,9-11H2,1-3H3,(H,25,28)(H,26,29)/t13-,16-,23+/m0/s1. The SMILES string of the molecule is COc1ccc(OC)c(NC(=O)[C@@H]2C[C@H](CCSC)N[C@@]23C(=O)Nc2c(Cl)cccc23)c1. The number of anilines is 2. The van der Waals surface area contributed by atoms with E-state index in [2.05, 4.69) is 16.0 Å². The number of hydrogen-bond acceptors (Lipinski definition) is 6. The molecule has 2 amide bonds. The fourth-order valence-corrected chi connectivity index (χ4v) is 5.37. The summed E-state index contributed by atoms with van der Waals surface area (Å²) in [5.74, 6) is 0.871. The second kappa shape index (κ2) is 9.21. The van der Waals surface area contributed by atoms with E-state index in [9.17, 15) is 9.59 Å². The largest absolute Gasteiger partial charge is 0.497 e. The minimum Gasteiger partial charge on any atom is -0.497 e. The van der Waals surface area contributed by atoms with Gasteiger partial charge in [-0.05, 0) is 43.0 Å². The molecule has 170 valence electrons. The summed E-state index contributed by atoms with van der Waals surface area (Å²) in [6, 6.07) is 10.6. The van der Waals surface area contributed by atoms with Crippen LogP contribution in [0.2, 0.25) is 5.02 Å². The first-order chi connectivity index (χ1) is 15.4. The molecule has 2 aromatic rings. The van der Waals surface area contributed by atoms with E-state index in [0.717, 1.165) is 12.2 Å². The molecule has 0 aromatic heterocycles. The number of amides is 2. The number of carbonyl (C=O) groups is 2. The molecular weight excluding hydrogens is 450 g/mol. The number of para-hydroxylation sites is 1. The first-order valence-corrected chi connectivity index (χ1v) is 12.1. The summed E-state index contributed by atoms with van der Waals surface area (Å²) in [6.45, 7) is 0. The number of fused-ring (bicyclic) bond motifs is 2. The molecule has 1 spiro atoms. The van der Waals surface area contributed by atoms with Crippen LogP contribution in [0.25, 0.3) is 0 Å². The first kappa shape index (κ1) is 22.8. The smallest absolute Gasteiger partial charge is 0.250 e. The van der Waals surface area contributed by atoms with Gasteiger partial charge in [0.25, 0.3) is 0 Å². The van der Waals surface area contributed by atoms with Crippen molar-refractivity contribution >= 4 is 46.6 Å². The van der Waals surface area contributed by atoms with Gasteiger partial charge in [-0.1, -0.05) is 23.7 Å². The first-order valence-electron chi connectivity index (χ1n) is 10.3. The van der Waals surface area contributed by atoms with Gasteiger partial charge in [0.2, 0.25) is 11.8 Å². The van der Waals surface area contributed by atoms with E-state index in [-0.39, 0.29) is 17.9 Å². The number of carbonyl (C=O) groups excluding carboxylic acids is 2. The molecule has 0 unspecified atom stereocenters. The van der Waals surface area contributed by atoms with Gasteiger partial charge in [0.15, 0.2) is 0 Å². The maximum absolute atomic E-state index is 13.6. The molecule has 2 aliphatic heterocycles. The number of benzene rings is 2. The Morgan fingerprint density at radius 1 is 1.28 bits per heavy atom. The summed E-state index contributed by atoms with van der Waals surface area (Å²) < 4.78 is 10.7. The Morgan fingerprint density at radius 3 is 2.81 bits per heavy atom. The highest BCUT2D eigenvalue weighted by Crippen LogP contribution is 2.50. The molecule has 3 atom stereocenters. The van der Waals surface area contributed by atoms with Crippen molar-refractivity contribution in [3.05, 3.63) is 47.0 Å². The number of thioether (sulfide) groups is 1. The van der Waals surface area contributed by atoms with Crippen LogP contribution < -0.4 is 25.4 Å². The molecule has 1 saturated heterocycles. The summed E-state index contributed by atoms with van der Waals surface area (Å²) in [4.78, 5) is 27.0. The normalized spacial score (nSPS) is 23.7. The van der Waals surface area contributed by atoms with E-state index in [4.69, 9.17) is 21.1 Å². The van der Waals surface area contributed by atoms with Gasteiger partial charge in [-0.25, -0.2) is 0 Å². The molecule has 3 N–H and O–H groups in total. The van der Waals surface area contributed by atoms with Crippen molar-refractivity contribution in [2.45, 2.75) is 24.4 Å². The van der Waals surface area contributed by atoms with Gasteiger partial charge >= 0.3 is 0 Å². The monoisotopic (exact) mass is 475 g/mol. The molecule has 1 fully saturated rings. The Morgan fingerprint density at radius 2 is 2.09 bits per heavy atom. The lowest BCUT2D eigenvalue weighted by Gasteiger charge is -2.29. The van der Waals surface area contributed by atoms with Crippen LogP contribution in [-0.4, -0.2) is 44.1 Å². The van der Waals surface area contributed by atoms with Gasteiger partial charge in [0.05, 0.1) is 36.5 Å². The highest BCUT2D eigenvalue weighted by atomic mass is 35.5. The predicted octanol–water partition coefficient (Wildman–Crippen LogP) is 3.87. The van der Waals surface area contributed by atoms with E-state index in [1.165, 1.54) is 7.11 Å². The molecule has 32 heavy (non-hydrogen) atoms. The lowest BCUT2D eigenvalue weighted by molar-refractivity contribution is -0.130. The predicted molar refractivity (Wildman–Crippen MR) is 128 cm³/mol. The molecule has 2 aliphatic rings. The summed E-state index contributed by atoms with van der Waals surface area (Å²) in [5.41, 5.74) is 0.581. The Balaban J connectivity index is 1.72. The van der Waals surface area contributed by atoms with Crippen LogP contribution >= 0.6 is 23.4 Å². The van der Waals surface area contributed by atoms with Crippen LogP contribution in [-0.2, 0) is 15.1 Å². The van der Waals surface area contributed by atoms with E-state index in [0.29, 0.717) is 39.9 Å². The van der Waals surface area contributed by atoms with Crippen LogP contribution in [0.3, 0.4) is 0 Å². The molecule has 0 aliphatic carbocycles. The van der Waals surface area contributed by atoms with Gasteiger partial charge in [0, 0.05) is 17.7 Å². The lowest BCUT2D eigenvalue weighted by Crippen LogP contribution is -2.52. The van der Waals surface area contributed by atoms with Crippen LogP contribution in [0.15, 0.2) is 36.4 Å². The number of halogens is 1. The molecule has 4 rings (SSSR count). The second-order valence-corrected chi connectivity index (χ2v) is 9.28. The van der Waals surface area contributed by atoms with Crippen molar-refractivity contribution in [3.63, 3.8) is 0 Å². The Kier molecular flexibility index (Phi) is 6.55. The molecule has 0 bridgehead atoms. The van der Waals surface area contributed by atoms with Crippen LogP contribution in [0.5, 0.6) is 11.5 Å². The lowest BCUT2D eigenvalue weighted by atomic mass is 9.79. The average molecular weight is 476 g/mol. The maximum Gasteiger partial charge on any atom is 0.250 e. The quantitative estimate of drug-likeness (QED) is 0.563. The highest BCUT2D eigenvalue weighted by molar-refractivity contribution is 7.98. The minimum absolute atomic E-state index is 0.0149. The van der Waals surface area contributed by atoms with Crippen molar-refractivity contribution in [2.24, 2.45) is 5.92 Å². The van der Waals surface area contributed by atoms with Crippen molar-refractivity contribution in [1.82, 2.24) is 5.32 Å². The topological polar surface area (TPSA) is 88.7 Å². The highest BCUT2D eigenvalue weighted by Gasteiger charge is 2.60. The van der Waals surface area contributed by atoms with Crippen molar-refractivity contribution < 1.29 is 19.1 Å². The van der Waals surface area contributed by atoms with Gasteiger partial charge in [-0.15, -0.1) is 0 Å². The zero-order valence-electron chi connectivity index (χ0n) is 18.2. The summed E-state index contributed by atoms with van der Waals surface area (Å²) >= 11 is 8.11. The molecule has 9 heteroatoms. The molecular formula is C23H26ClN3O4S. The minimum atomic E-state index is -1.18. The van der Waals surface area contributed by atoms with Crippen LogP contribution in [0.4, 0.5) is 11.4 Å². The average Bonchev–Trinajstić information content (AvgIpc) is 3.32. The maximum atomic E-state index is 13.6. The van der Waals surface area contributed by atoms with Crippen molar-refractivity contribution in [3.8, 4) is 11.5 Å². The number of nitrogens with one attached hydrogen (secondary N) is 3. The Labute approximate surface area is 196 Å². The number of methoxy groups -OCH3 is 2. The Hall–Kier alpha value is -2.42. The van der Waals surface area contributed by atoms with E-state index < -0.39 is 11.5 Å². The third kappa shape index (κ3) is 3.80. The van der Waals surface area contributed by atoms with Crippen molar-refractivity contribution in [2.75, 3.05) is 36.9 Å². The zero-order valence-corrected chi connectivity index (χ0v) is 19.7. The van der Waals surface area contributed by atoms with E-state index >= 15 is 0 Å². The van der Waals surface area contributed by atoms with Crippen LogP contribution in [0.1, 0.15) is 18.4 Å². The number of rotatable bonds is 7. The fourth-order valence-electron chi connectivity index (χ4n) is 4.63. The van der Waals surface area contributed by atoms with E-state index in [1.54, 1.807) is 49.2 Å². The van der Waals surface area contributed by atoms with E-state index in [1.807, 2.05) is 12.3 Å². The van der Waals surface area contributed by atoms with Crippen LogP contribution in [0, 0.1) is 5.92 Å². The Bertz CT molecular complexity index is 1050. The number of hydrogen-bond donors (Lipinski definition) is 3. The summed E-state index contributed by atoms with van der Waals surface area (Å²) in [7, 11) is 3.10. The van der Waals surface area contributed by atoms with Gasteiger partial charge in [0.1, 0.15) is 17.0 Å². The van der Waals surface area contributed by atoms with Crippen molar-refractivity contribution in [1.29, 1.82) is 0 Å². The number of ether oxygens (including phenoxy) is 2. The summed E-state index contributed by atoms with van der Waals surface area (Å²) in [6.07, 6.45) is 3.41. The molecule has 2 aromatic carbocycles. The molecule has 0 saturated carbocycles. The van der Waals surface area contributed by atoms with Gasteiger partial charge < -0.3 is 20.1 Å². The zero-order chi connectivity index (χ0) is 22.9. The second-order valence-electron chi connectivity index (χ2n) is 7.89. The molecule has 0 radical (unpaired) electrons. The van der Waals surface area contributed by atoms with Gasteiger partial charge in [-0.3, -0.25) is 14.9 Å². The fraction of sp³-hybridized carbons (Fsp3) is 0.391. The third-order valence-corrected chi connectivity index (χ3v) is 7.12. The summed E-state index contributed by atoms with van der Waals surface area (Å²) in [5, 5.41) is 9.83. The molecule has 7 nitrogen and oxygen atoms in total. The van der Waals surface area contributed by atoms with Gasteiger partial charge in [-0.2, -0.15) is 11.8 Å². The molecule has 2 heterocycles. The third-order valence-electron chi connectivity index (χ3n) is 6.16.